The van der Waals surface area contributed by atoms with Gasteiger partial charge in [-0.1, -0.05) is 126 Å². The molecule has 1 fully saturated rings. The lowest BCUT2D eigenvalue weighted by Gasteiger charge is -2.28. The molecule has 0 unspecified atom stereocenters. The van der Waals surface area contributed by atoms with E-state index < -0.39 is 31.1 Å². The Balaban J connectivity index is 1.53. The second kappa shape index (κ2) is 18.4. The van der Waals surface area contributed by atoms with Crippen molar-refractivity contribution in [2.24, 2.45) is 11.8 Å². The number of rotatable bonds is 18. The van der Waals surface area contributed by atoms with Crippen molar-refractivity contribution >= 4 is 11.9 Å². The SMILES string of the molecule is C=C(CO)C(=O)OCC(COC(=O)C(=C)CO)c1ccc(-c2ccc(CCC3CCC(CCCCCC)CC3)cc2)cc1. The number of aryl methyl sites for hydroxylation is 1. The van der Waals surface area contributed by atoms with Crippen molar-refractivity contribution in [2.45, 2.75) is 83.5 Å². The molecule has 0 radical (unpaired) electrons. The van der Waals surface area contributed by atoms with Crippen LogP contribution in [0, 0.1) is 11.8 Å². The van der Waals surface area contributed by atoms with Crippen LogP contribution in [-0.2, 0) is 25.5 Å². The highest BCUT2D eigenvalue weighted by Crippen LogP contribution is 2.34. The summed E-state index contributed by atoms with van der Waals surface area (Å²) >= 11 is 0. The molecule has 2 N–H and O–H groups in total. The molecule has 1 saturated carbocycles. The first-order chi connectivity index (χ1) is 20.8. The molecule has 234 valence electrons. The van der Waals surface area contributed by atoms with Gasteiger partial charge in [0.1, 0.15) is 13.2 Å². The van der Waals surface area contributed by atoms with Gasteiger partial charge >= 0.3 is 11.9 Å². The van der Waals surface area contributed by atoms with Crippen LogP contribution in [0.4, 0.5) is 0 Å². The van der Waals surface area contributed by atoms with Crippen molar-refractivity contribution in [2.75, 3.05) is 26.4 Å². The Morgan fingerprint density at radius 1 is 0.744 bits per heavy atom. The monoisotopic (exact) mass is 590 g/mol. The van der Waals surface area contributed by atoms with Crippen molar-refractivity contribution in [1.29, 1.82) is 0 Å². The lowest BCUT2D eigenvalue weighted by molar-refractivity contribution is -0.142. The van der Waals surface area contributed by atoms with E-state index in [2.05, 4.69) is 44.3 Å². The lowest BCUT2D eigenvalue weighted by atomic mass is 9.77. The van der Waals surface area contributed by atoms with Crippen LogP contribution in [0.15, 0.2) is 72.8 Å². The van der Waals surface area contributed by atoms with Crippen LogP contribution in [0.3, 0.4) is 0 Å². The molecule has 0 spiro atoms. The number of carbonyl (C=O) groups excluding carboxylic acids is 2. The number of aliphatic hydroxyl groups is 2. The number of unbranched alkanes of at least 4 members (excludes halogenated alkanes) is 3. The molecule has 6 nitrogen and oxygen atoms in total. The average molecular weight is 591 g/mol. The molecule has 2 aromatic carbocycles. The van der Waals surface area contributed by atoms with Crippen molar-refractivity contribution < 1.29 is 29.3 Å². The van der Waals surface area contributed by atoms with E-state index in [1.54, 1.807) is 0 Å². The summed E-state index contributed by atoms with van der Waals surface area (Å²) in [6.07, 6.45) is 14.9. The Morgan fingerprint density at radius 2 is 1.23 bits per heavy atom. The molecule has 3 rings (SSSR count). The van der Waals surface area contributed by atoms with Crippen LogP contribution in [-0.4, -0.2) is 48.6 Å². The number of hydrogen-bond donors (Lipinski definition) is 2. The molecule has 0 aromatic heterocycles. The lowest BCUT2D eigenvalue weighted by Crippen LogP contribution is -2.21. The van der Waals surface area contributed by atoms with Gasteiger partial charge in [0.2, 0.25) is 0 Å². The summed E-state index contributed by atoms with van der Waals surface area (Å²) < 4.78 is 10.6. The van der Waals surface area contributed by atoms with Crippen LogP contribution < -0.4 is 0 Å². The largest absolute Gasteiger partial charge is 0.461 e. The Hall–Kier alpha value is -3.22. The van der Waals surface area contributed by atoms with Gasteiger partial charge in [0, 0.05) is 0 Å². The van der Waals surface area contributed by atoms with Crippen LogP contribution in [0.1, 0.15) is 88.2 Å². The minimum atomic E-state index is -0.708. The number of ether oxygens (including phenoxy) is 2. The first-order valence-electron chi connectivity index (χ1n) is 15.9. The van der Waals surface area contributed by atoms with Crippen molar-refractivity contribution in [1.82, 2.24) is 0 Å². The maximum Gasteiger partial charge on any atom is 0.335 e. The first-order valence-corrected chi connectivity index (χ1v) is 15.9. The van der Waals surface area contributed by atoms with Gasteiger partial charge < -0.3 is 19.7 Å². The molecule has 0 saturated heterocycles. The molecule has 2 aromatic rings. The van der Waals surface area contributed by atoms with E-state index in [-0.39, 0.29) is 24.4 Å². The van der Waals surface area contributed by atoms with Crippen LogP contribution in [0.5, 0.6) is 0 Å². The summed E-state index contributed by atoms with van der Waals surface area (Å²) in [6.45, 7) is 8.13. The Morgan fingerprint density at radius 3 is 1.72 bits per heavy atom. The molecule has 0 bridgehead atoms. The van der Waals surface area contributed by atoms with Crippen molar-refractivity contribution in [3.05, 3.63) is 84.0 Å². The Kier molecular flexibility index (Phi) is 14.7. The topological polar surface area (TPSA) is 93.1 Å². The smallest absolute Gasteiger partial charge is 0.335 e. The minimum Gasteiger partial charge on any atom is -0.461 e. The third-order valence-electron chi connectivity index (χ3n) is 8.73. The predicted molar refractivity (Wildman–Crippen MR) is 172 cm³/mol. The predicted octanol–water partition coefficient (Wildman–Crippen LogP) is 7.33. The summed E-state index contributed by atoms with van der Waals surface area (Å²) in [5.41, 5.74) is 4.27. The molecular weight excluding hydrogens is 540 g/mol. The Bertz CT molecular complexity index is 1130. The zero-order valence-electron chi connectivity index (χ0n) is 25.9. The fourth-order valence-corrected chi connectivity index (χ4v) is 5.78. The fraction of sp³-hybridized carbons (Fsp3) is 0.514. The van der Waals surface area contributed by atoms with Crippen molar-refractivity contribution in [3.63, 3.8) is 0 Å². The van der Waals surface area contributed by atoms with E-state index in [0.717, 1.165) is 34.9 Å². The molecule has 0 heterocycles. The van der Waals surface area contributed by atoms with E-state index in [0.29, 0.717) is 0 Å². The van der Waals surface area contributed by atoms with Crippen LogP contribution in [0.25, 0.3) is 11.1 Å². The Labute approximate surface area is 257 Å². The van der Waals surface area contributed by atoms with E-state index in [1.165, 1.54) is 69.8 Å². The second-order valence-electron chi connectivity index (χ2n) is 12.0. The van der Waals surface area contributed by atoms with Gasteiger partial charge in [-0.25, -0.2) is 9.59 Å². The summed E-state index contributed by atoms with van der Waals surface area (Å²) in [5.74, 6) is -0.0503. The molecule has 1 aliphatic carbocycles. The van der Waals surface area contributed by atoms with Gasteiger partial charge in [-0.2, -0.15) is 0 Å². The van der Waals surface area contributed by atoms with Gasteiger partial charge in [-0.15, -0.1) is 0 Å². The summed E-state index contributed by atoms with van der Waals surface area (Å²) in [5, 5.41) is 18.3. The zero-order chi connectivity index (χ0) is 31.0. The molecule has 1 aliphatic rings. The van der Waals surface area contributed by atoms with Crippen LogP contribution >= 0.6 is 0 Å². The molecular formula is C37H50O6. The number of esters is 2. The van der Waals surface area contributed by atoms with Gasteiger partial charge in [0.05, 0.1) is 30.3 Å². The summed E-state index contributed by atoms with van der Waals surface area (Å²) in [4.78, 5) is 24.1. The number of hydrogen-bond acceptors (Lipinski definition) is 6. The highest BCUT2D eigenvalue weighted by molar-refractivity contribution is 5.88. The van der Waals surface area contributed by atoms with E-state index in [1.807, 2.05) is 24.3 Å². The maximum absolute atomic E-state index is 12.0. The van der Waals surface area contributed by atoms with E-state index in [4.69, 9.17) is 19.7 Å². The van der Waals surface area contributed by atoms with Gasteiger partial charge in [-0.3, -0.25) is 0 Å². The minimum absolute atomic E-state index is 0.0521. The highest BCUT2D eigenvalue weighted by atomic mass is 16.5. The average Bonchev–Trinajstić information content (AvgIpc) is 3.05. The number of carbonyl (C=O) groups is 2. The standard InChI is InChI=1S/C37H50O6/c1-4-5-6-7-8-29-9-11-30(12-10-29)13-14-31-15-17-32(18-16-31)33-19-21-34(22-20-33)35(25-42-36(40)27(2)23-38)26-43-37(41)28(3)24-39/h15-22,29-30,35,38-39H,2-14,23-26H2,1H3. The number of benzene rings is 2. The number of aliphatic hydroxyl groups excluding tert-OH is 2. The van der Waals surface area contributed by atoms with Gasteiger partial charge in [0.15, 0.2) is 0 Å². The zero-order valence-corrected chi connectivity index (χ0v) is 25.9. The molecule has 0 aliphatic heterocycles. The summed E-state index contributed by atoms with van der Waals surface area (Å²) in [6, 6.07) is 16.6. The second-order valence-corrected chi connectivity index (χ2v) is 12.0. The molecule has 0 atom stereocenters. The molecule has 0 amide bonds. The fourth-order valence-electron chi connectivity index (χ4n) is 5.78. The van der Waals surface area contributed by atoms with E-state index >= 15 is 0 Å². The first kappa shape index (κ1) is 34.3. The third kappa shape index (κ3) is 11.4. The van der Waals surface area contributed by atoms with Crippen molar-refractivity contribution in [3.8, 4) is 11.1 Å². The molecule has 43 heavy (non-hydrogen) atoms. The van der Waals surface area contributed by atoms with Gasteiger partial charge in [-0.05, 0) is 46.9 Å². The van der Waals surface area contributed by atoms with E-state index in [9.17, 15) is 9.59 Å². The summed E-state index contributed by atoms with van der Waals surface area (Å²) in [7, 11) is 0. The third-order valence-corrected chi connectivity index (χ3v) is 8.73. The van der Waals surface area contributed by atoms with Gasteiger partial charge in [0.25, 0.3) is 0 Å². The highest BCUT2D eigenvalue weighted by Gasteiger charge is 2.21. The molecule has 6 heteroatoms. The van der Waals surface area contributed by atoms with Crippen LogP contribution in [0.2, 0.25) is 0 Å². The quantitative estimate of drug-likeness (QED) is 0.107. The normalized spacial score (nSPS) is 16.6. The maximum atomic E-state index is 12.0.